The molecule has 1 aromatic carbocycles. The summed E-state index contributed by atoms with van der Waals surface area (Å²) >= 11 is 5.85. The van der Waals surface area contributed by atoms with Crippen molar-refractivity contribution in [2.24, 2.45) is 5.41 Å². The Bertz CT molecular complexity index is 572. The van der Waals surface area contributed by atoms with Crippen LogP contribution in [0, 0.1) is 5.41 Å². The molecule has 1 unspecified atom stereocenters. The minimum Gasteiger partial charge on any atom is -0.478 e. The molecule has 0 heterocycles. The van der Waals surface area contributed by atoms with E-state index in [1.807, 2.05) is 0 Å². The quantitative estimate of drug-likeness (QED) is 0.795. The summed E-state index contributed by atoms with van der Waals surface area (Å²) in [7, 11) is 0. The fourth-order valence-electron chi connectivity index (χ4n) is 2.71. The molecule has 0 bridgehead atoms. The largest absolute Gasteiger partial charge is 0.478 e. The second-order valence-corrected chi connectivity index (χ2v) is 6.63. The van der Waals surface area contributed by atoms with Crippen LogP contribution in [0.2, 0.25) is 5.02 Å². The molecule has 0 saturated heterocycles. The van der Waals surface area contributed by atoms with Gasteiger partial charge in [0, 0.05) is 11.1 Å². The average molecular weight is 311 g/mol. The van der Waals surface area contributed by atoms with E-state index in [2.05, 4.69) is 24.5 Å². The van der Waals surface area contributed by atoms with E-state index in [1.54, 1.807) is 0 Å². The van der Waals surface area contributed by atoms with Crippen LogP contribution in [0.3, 0.4) is 0 Å². The van der Waals surface area contributed by atoms with Crippen molar-refractivity contribution in [3.05, 3.63) is 28.8 Å². The smallest absolute Gasteiger partial charge is 0.337 e. The average Bonchev–Trinajstić information content (AvgIpc) is 2.67. The van der Waals surface area contributed by atoms with Crippen LogP contribution < -0.4 is 10.6 Å². The van der Waals surface area contributed by atoms with Crippen molar-refractivity contribution in [2.45, 2.75) is 39.2 Å². The highest BCUT2D eigenvalue weighted by Gasteiger charge is 2.31. The normalized spacial score (nSPS) is 20.0. The number of hydrogen-bond donors (Lipinski definition) is 3. The van der Waals surface area contributed by atoms with Gasteiger partial charge in [-0.15, -0.1) is 0 Å². The van der Waals surface area contributed by atoms with Crippen molar-refractivity contribution in [1.29, 1.82) is 0 Å². The van der Waals surface area contributed by atoms with E-state index in [0.717, 1.165) is 19.3 Å². The standard InChI is InChI=1S/C15H19ClN2O3/c1-15(2)6-5-10(8-15)17-14(21)18-12-7-9(16)3-4-11(12)13(19)20/h3-4,7,10H,5-6,8H2,1-2H3,(H,19,20)(H2,17,18,21). The molecule has 2 rings (SSSR count). The summed E-state index contributed by atoms with van der Waals surface area (Å²) in [5, 5.41) is 14.9. The summed E-state index contributed by atoms with van der Waals surface area (Å²) < 4.78 is 0. The topological polar surface area (TPSA) is 78.4 Å². The molecule has 1 fully saturated rings. The highest BCUT2D eigenvalue weighted by Crippen LogP contribution is 2.36. The minimum atomic E-state index is -1.11. The van der Waals surface area contributed by atoms with Crippen LogP contribution in [0.15, 0.2) is 18.2 Å². The van der Waals surface area contributed by atoms with Crippen LogP contribution in [0.5, 0.6) is 0 Å². The number of aromatic carboxylic acids is 1. The zero-order valence-corrected chi connectivity index (χ0v) is 12.8. The third kappa shape index (κ3) is 4.11. The number of halogens is 1. The van der Waals surface area contributed by atoms with Gasteiger partial charge in [-0.2, -0.15) is 0 Å². The van der Waals surface area contributed by atoms with Crippen LogP contribution in [0.1, 0.15) is 43.5 Å². The first kappa shape index (κ1) is 15.6. The third-order valence-electron chi connectivity index (χ3n) is 3.76. The molecule has 1 atom stereocenters. The lowest BCUT2D eigenvalue weighted by Crippen LogP contribution is -2.37. The van der Waals surface area contributed by atoms with E-state index in [-0.39, 0.29) is 22.7 Å². The number of hydrogen-bond acceptors (Lipinski definition) is 2. The van der Waals surface area contributed by atoms with Gasteiger partial charge in [-0.3, -0.25) is 0 Å². The van der Waals surface area contributed by atoms with Gasteiger partial charge in [-0.05, 0) is 42.9 Å². The minimum absolute atomic E-state index is 0.0151. The van der Waals surface area contributed by atoms with E-state index in [4.69, 9.17) is 16.7 Å². The molecule has 3 N–H and O–H groups in total. The van der Waals surface area contributed by atoms with Crippen LogP contribution in [0.4, 0.5) is 10.5 Å². The lowest BCUT2D eigenvalue weighted by atomic mass is 9.92. The number of benzene rings is 1. The molecule has 0 aromatic heterocycles. The molecule has 0 spiro atoms. The maximum Gasteiger partial charge on any atom is 0.337 e. The molecule has 6 heteroatoms. The molecule has 1 aliphatic rings. The lowest BCUT2D eigenvalue weighted by Gasteiger charge is -2.18. The number of carbonyl (C=O) groups excluding carboxylic acids is 1. The molecule has 21 heavy (non-hydrogen) atoms. The number of nitrogens with one attached hydrogen (secondary N) is 2. The molecule has 1 aromatic rings. The monoisotopic (exact) mass is 310 g/mol. The van der Waals surface area contributed by atoms with E-state index in [0.29, 0.717) is 5.02 Å². The SMILES string of the molecule is CC1(C)CCC(NC(=O)Nc2cc(Cl)ccc2C(=O)O)C1. The molecule has 2 amide bonds. The number of anilines is 1. The molecule has 114 valence electrons. The first-order chi connectivity index (χ1) is 9.77. The van der Waals surface area contributed by atoms with E-state index in [9.17, 15) is 9.59 Å². The molecule has 1 saturated carbocycles. The van der Waals surface area contributed by atoms with E-state index in [1.165, 1.54) is 18.2 Å². The molecular formula is C15H19ClN2O3. The highest BCUT2D eigenvalue weighted by molar-refractivity contribution is 6.31. The Labute approximate surface area is 128 Å². The van der Waals surface area contributed by atoms with Crippen molar-refractivity contribution in [3.8, 4) is 0 Å². The van der Waals surface area contributed by atoms with Crippen molar-refractivity contribution < 1.29 is 14.7 Å². The molecule has 5 nitrogen and oxygen atoms in total. The van der Waals surface area contributed by atoms with Gasteiger partial charge < -0.3 is 15.7 Å². The van der Waals surface area contributed by atoms with Gasteiger partial charge in [0.05, 0.1) is 11.3 Å². The number of carbonyl (C=O) groups is 2. The Morgan fingerprint density at radius 1 is 1.38 bits per heavy atom. The van der Waals surface area contributed by atoms with Gasteiger partial charge in [-0.1, -0.05) is 25.4 Å². The van der Waals surface area contributed by atoms with Crippen LogP contribution in [-0.2, 0) is 0 Å². The second kappa shape index (κ2) is 5.93. The fourth-order valence-corrected chi connectivity index (χ4v) is 2.88. The number of urea groups is 1. The van der Waals surface area contributed by atoms with Gasteiger partial charge in [0.15, 0.2) is 0 Å². The lowest BCUT2D eigenvalue weighted by molar-refractivity contribution is 0.0698. The van der Waals surface area contributed by atoms with Crippen LogP contribution in [-0.4, -0.2) is 23.1 Å². The summed E-state index contributed by atoms with van der Waals surface area (Å²) in [6, 6.07) is 4.00. The molecular weight excluding hydrogens is 292 g/mol. The Hall–Kier alpha value is -1.75. The molecule has 1 aliphatic carbocycles. The molecule has 0 radical (unpaired) electrons. The van der Waals surface area contributed by atoms with Gasteiger partial charge in [0.2, 0.25) is 0 Å². The number of carboxylic acid groups (broad SMARTS) is 1. The van der Waals surface area contributed by atoms with Gasteiger partial charge in [0.25, 0.3) is 0 Å². The van der Waals surface area contributed by atoms with Crippen molar-refractivity contribution in [3.63, 3.8) is 0 Å². The van der Waals surface area contributed by atoms with Crippen molar-refractivity contribution in [1.82, 2.24) is 5.32 Å². The fraction of sp³-hybridized carbons (Fsp3) is 0.467. The van der Waals surface area contributed by atoms with Crippen molar-refractivity contribution in [2.75, 3.05) is 5.32 Å². The second-order valence-electron chi connectivity index (χ2n) is 6.20. The Balaban J connectivity index is 2.03. The zero-order valence-electron chi connectivity index (χ0n) is 12.1. The number of carboxylic acids is 1. The van der Waals surface area contributed by atoms with Crippen LogP contribution >= 0.6 is 11.6 Å². The number of amides is 2. The van der Waals surface area contributed by atoms with Crippen LogP contribution in [0.25, 0.3) is 0 Å². The first-order valence-electron chi connectivity index (χ1n) is 6.87. The zero-order chi connectivity index (χ0) is 15.6. The predicted octanol–water partition coefficient (Wildman–Crippen LogP) is 3.74. The maximum atomic E-state index is 12.0. The highest BCUT2D eigenvalue weighted by atomic mass is 35.5. The Kier molecular flexibility index (Phi) is 4.42. The summed E-state index contributed by atoms with van der Waals surface area (Å²) in [6.07, 6.45) is 2.92. The van der Waals surface area contributed by atoms with E-state index < -0.39 is 12.0 Å². The summed E-state index contributed by atoms with van der Waals surface area (Å²) in [5.41, 5.74) is 0.450. The Morgan fingerprint density at radius 2 is 2.10 bits per heavy atom. The predicted molar refractivity (Wildman–Crippen MR) is 82.0 cm³/mol. The Morgan fingerprint density at radius 3 is 2.67 bits per heavy atom. The molecule has 0 aliphatic heterocycles. The summed E-state index contributed by atoms with van der Waals surface area (Å²) in [6.45, 7) is 4.35. The maximum absolute atomic E-state index is 12.0. The first-order valence-corrected chi connectivity index (χ1v) is 7.25. The van der Waals surface area contributed by atoms with Gasteiger partial charge in [-0.25, -0.2) is 9.59 Å². The number of rotatable bonds is 3. The van der Waals surface area contributed by atoms with Gasteiger partial charge >= 0.3 is 12.0 Å². The van der Waals surface area contributed by atoms with Gasteiger partial charge in [0.1, 0.15) is 0 Å². The van der Waals surface area contributed by atoms with Crippen molar-refractivity contribution >= 4 is 29.3 Å². The summed E-state index contributed by atoms with van der Waals surface area (Å²) in [5.74, 6) is -1.11. The summed E-state index contributed by atoms with van der Waals surface area (Å²) in [4.78, 5) is 23.1. The van der Waals surface area contributed by atoms with E-state index >= 15 is 0 Å². The third-order valence-corrected chi connectivity index (χ3v) is 4.00.